The topological polar surface area (TPSA) is 84.7 Å². The third kappa shape index (κ3) is 4.89. The van der Waals surface area contributed by atoms with Crippen LogP contribution in [0, 0.1) is 10.1 Å². The molecule has 1 aliphatic rings. The molecule has 0 radical (unpaired) electrons. The first-order valence-electron chi connectivity index (χ1n) is 9.52. The van der Waals surface area contributed by atoms with Crippen molar-refractivity contribution < 1.29 is 14.5 Å². The molecule has 0 saturated carbocycles. The van der Waals surface area contributed by atoms with E-state index in [4.69, 9.17) is 4.74 Å². The van der Waals surface area contributed by atoms with Crippen LogP contribution in [0.25, 0.3) is 0 Å². The van der Waals surface area contributed by atoms with E-state index in [-0.39, 0.29) is 23.2 Å². The molecule has 1 atom stereocenters. The molecule has 0 spiro atoms. The van der Waals surface area contributed by atoms with Gasteiger partial charge in [-0.3, -0.25) is 19.8 Å². The van der Waals surface area contributed by atoms with E-state index in [1.165, 1.54) is 17.8 Å². The molecule has 154 valence electrons. The quantitative estimate of drug-likeness (QED) is 0.400. The Hall–Kier alpha value is -2.58. The van der Waals surface area contributed by atoms with Crippen LogP contribution in [0.4, 0.5) is 5.69 Å². The fraction of sp³-hybridized carbons (Fsp3) is 0.381. The van der Waals surface area contributed by atoms with E-state index in [2.05, 4.69) is 10.2 Å². The number of likely N-dealkylation sites (tertiary alicyclic amines) is 1. The van der Waals surface area contributed by atoms with Crippen molar-refractivity contribution in [3.63, 3.8) is 0 Å². The number of nitrogens with one attached hydrogen (secondary N) is 1. The summed E-state index contributed by atoms with van der Waals surface area (Å²) in [6.07, 6.45) is 4.03. The Morgan fingerprint density at radius 3 is 2.66 bits per heavy atom. The number of carbonyl (C=O) groups is 1. The largest absolute Gasteiger partial charge is 0.496 e. The van der Waals surface area contributed by atoms with E-state index in [1.54, 1.807) is 25.5 Å². The number of ether oxygens (including phenoxy) is 1. The van der Waals surface area contributed by atoms with Gasteiger partial charge in [-0.05, 0) is 50.4 Å². The van der Waals surface area contributed by atoms with Crippen LogP contribution in [0.1, 0.15) is 34.8 Å². The summed E-state index contributed by atoms with van der Waals surface area (Å²) in [6.45, 7) is 2.33. The maximum Gasteiger partial charge on any atom is 0.283 e. The molecule has 7 nitrogen and oxygen atoms in total. The zero-order valence-electron chi connectivity index (χ0n) is 16.6. The molecule has 1 fully saturated rings. The van der Waals surface area contributed by atoms with Gasteiger partial charge in [-0.2, -0.15) is 0 Å². The molecule has 1 N–H and O–H groups in total. The summed E-state index contributed by atoms with van der Waals surface area (Å²) in [4.78, 5) is 26.5. The van der Waals surface area contributed by atoms with Crippen molar-refractivity contribution >= 4 is 23.4 Å². The number of methoxy groups -OCH3 is 1. The van der Waals surface area contributed by atoms with E-state index in [9.17, 15) is 14.9 Å². The van der Waals surface area contributed by atoms with E-state index < -0.39 is 4.92 Å². The Morgan fingerprint density at radius 2 is 2.00 bits per heavy atom. The van der Waals surface area contributed by atoms with Crippen molar-refractivity contribution in [2.45, 2.75) is 23.8 Å². The maximum absolute atomic E-state index is 12.7. The summed E-state index contributed by atoms with van der Waals surface area (Å²) >= 11 is 1.29. The molecular formula is C21H25N3O4S. The minimum atomic E-state index is -0.454. The van der Waals surface area contributed by atoms with Gasteiger partial charge >= 0.3 is 0 Å². The van der Waals surface area contributed by atoms with Crippen LogP contribution in [0.2, 0.25) is 0 Å². The molecule has 1 saturated heterocycles. The van der Waals surface area contributed by atoms with Crippen LogP contribution >= 0.6 is 11.8 Å². The molecule has 0 aliphatic carbocycles. The molecule has 3 rings (SSSR count). The van der Waals surface area contributed by atoms with Crippen molar-refractivity contribution in [2.24, 2.45) is 0 Å². The number of nitro groups is 1. The summed E-state index contributed by atoms with van der Waals surface area (Å²) in [7, 11) is 1.64. The highest BCUT2D eigenvalue weighted by molar-refractivity contribution is 7.98. The van der Waals surface area contributed by atoms with Crippen LogP contribution in [0.15, 0.2) is 47.4 Å². The number of benzene rings is 2. The molecule has 0 aromatic heterocycles. The minimum absolute atomic E-state index is 0.0157. The molecular weight excluding hydrogens is 390 g/mol. The third-order valence-corrected chi connectivity index (χ3v) is 5.96. The lowest BCUT2D eigenvalue weighted by Crippen LogP contribution is -2.37. The fourth-order valence-corrected chi connectivity index (χ4v) is 4.24. The molecule has 29 heavy (non-hydrogen) atoms. The highest BCUT2D eigenvalue weighted by atomic mass is 32.2. The van der Waals surface area contributed by atoms with Crippen LogP contribution < -0.4 is 10.1 Å². The van der Waals surface area contributed by atoms with E-state index in [0.717, 1.165) is 37.2 Å². The number of carbonyl (C=O) groups excluding carboxylic acids is 1. The predicted molar refractivity (Wildman–Crippen MR) is 114 cm³/mol. The second-order valence-corrected chi connectivity index (χ2v) is 7.70. The average molecular weight is 416 g/mol. The first-order valence-corrected chi connectivity index (χ1v) is 10.7. The van der Waals surface area contributed by atoms with Gasteiger partial charge in [0.15, 0.2) is 0 Å². The van der Waals surface area contributed by atoms with Crippen LogP contribution in [-0.4, -0.2) is 48.7 Å². The normalized spacial score (nSPS) is 15.1. The second-order valence-electron chi connectivity index (χ2n) is 6.85. The zero-order chi connectivity index (χ0) is 20.8. The Labute approximate surface area is 174 Å². The Bertz CT molecular complexity index is 884. The lowest BCUT2D eigenvalue weighted by atomic mass is 10.0. The number of thioether (sulfide) groups is 1. The fourth-order valence-electron chi connectivity index (χ4n) is 3.70. The van der Waals surface area contributed by atoms with Crippen molar-refractivity contribution in [2.75, 3.05) is 33.0 Å². The van der Waals surface area contributed by atoms with Gasteiger partial charge in [-0.1, -0.05) is 18.2 Å². The lowest BCUT2D eigenvalue weighted by Gasteiger charge is -2.29. The third-order valence-electron chi connectivity index (χ3n) is 5.17. The Kier molecular flexibility index (Phi) is 7.11. The van der Waals surface area contributed by atoms with Gasteiger partial charge < -0.3 is 10.1 Å². The predicted octanol–water partition coefficient (Wildman–Crippen LogP) is 3.89. The standard InChI is InChI=1S/C21H25N3O4S/c1-28-19-8-4-3-7-16(19)18(23-11-5-6-12-23)14-22-21(25)15-9-10-20(29-2)17(13-15)24(26)27/h3-4,7-10,13,18H,5-6,11-12,14H2,1-2H3,(H,22,25). The molecule has 2 aromatic carbocycles. The number of rotatable bonds is 8. The molecule has 1 unspecified atom stereocenters. The van der Waals surface area contributed by atoms with Crippen molar-refractivity contribution in [1.82, 2.24) is 10.2 Å². The lowest BCUT2D eigenvalue weighted by molar-refractivity contribution is -0.387. The number of amides is 1. The number of nitro benzene ring substituents is 1. The van der Waals surface area contributed by atoms with Gasteiger partial charge in [0.1, 0.15) is 5.75 Å². The van der Waals surface area contributed by atoms with Crippen molar-refractivity contribution in [3.8, 4) is 5.75 Å². The number of hydrogen-bond acceptors (Lipinski definition) is 6. The summed E-state index contributed by atoms with van der Waals surface area (Å²) in [5.41, 5.74) is 1.27. The van der Waals surface area contributed by atoms with Gasteiger partial charge in [0.05, 0.1) is 23.0 Å². The van der Waals surface area contributed by atoms with Gasteiger partial charge in [0.2, 0.25) is 0 Å². The average Bonchev–Trinajstić information content (AvgIpc) is 3.28. The summed E-state index contributed by atoms with van der Waals surface area (Å²) in [5.74, 6) is 0.471. The van der Waals surface area contributed by atoms with Gasteiger partial charge in [0, 0.05) is 23.7 Å². The molecule has 2 aromatic rings. The van der Waals surface area contributed by atoms with Crippen molar-refractivity contribution in [3.05, 3.63) is 63.7 Å². The van der Waals surface area contributed by atoms with Gasteiger partial charge in [-0.15, -0.1) is 11.8 Å². The molecule has 8 heteroatoms. The second kappa shape index (κ2) is 9.76. The van der Waals surface area contributed by atoms with Crippen LogP contribution in [0.3, 0.4) is 0 Å². The van der Waals surface area contributed by atoms with Crippen LogP contribution in [-0.2, 0) is 0 Å². The molecule has 0 bridgehead atoms. The molecule has 1 heterocycles. The monoisotopic (exact) mass is 415 g/mol. The first kappa shape index (κ1) is 21.1. The Balaban J connectivity index is 1.80. The minimum Gasteiger partial charge on any atom is -0.496 e. The molecule has 1 aliphatic heterocycles. The highest BCUT2D eigenvalue weighted by Crippen LogP contribution is 2.32. The molecule has 1 amide bonds. The van der Waals surface area contributed by atoms with E-state index >= 15 is 0 Å². The smallest absolute Gasteiger partial charge is 0.283 e. The zero-order valence-corrected chi connectivity index (χ0v) is 17.4. The van der Waals surface area contributed by atoms with Gasteiger partial charge in [0.25, 0.3) is 11.6 Å². The summed E-state index contributed by atoms with van der Waals surface area (Å²) in [6, 6.07) is 12.4. The van der Waals surface area contributed by atoms with E-state index in [0.29, 0.717) is 11.4 Å². The summed E-state index contributed by atoms with van der Waals surface area (Å²) in [5, 5.41) is 14.3. The highest BCUT2D eigenvalue weighted by Gasteiger charge is 2.26. The SMILES string of the molecule is COc1ccccc1C(CNC(=O)c1ccc(SC)c([N+](=O)[O-])c1)N1CCCC1. The maximum atomic E-state index is 12.7. The number of nitrogens with zero attached hydrogens (tertiary/aromatic N) is 2. The first-order chi connectivity index (χ1) is 14.0. The Morgan fingerprint density at radius 1 is 1.28 bits per heavy atom. The summed E-state index contributed by atoms with van der Waals surface area (Å²) < 4.78 is 5.53. The number of hydrogen-bond donors (Lipinski definition) is 1. The van der Waals surface area contributed by atoms with E-state index in [1.807, 2.05) is 24.3 Å². The van der Waals surface area contributed by atoms with Crippen LogP contribution in [0.5, 0.6) is 5.75 Å². The van der Waals surface area contributed by atoms with Gasteiger partial charge in [-0.25, -0.2) is 0 Å². The number of para-hydroxylation sites is 1. The van der Waals surface area contributed by atoms with Crippen molar-refractivity contribution in [1.29, 1.82) is 0 Å².